The number of carbonyl (C=O) groups excluding carboxylic acids is 3. The van der Waals surface area contributed by atoms with E-state index in [2.05, 4.69) is 15.4 Å². The second-order valence-corrected chi connectivity index (χ2v) is 10.1. The molecule has 1 aromatic carbocycles. The van der Waals surface area contributed by atoms with Crippen molar-refractivity contribution in [1.29, 1.82) is 5.41 Å². The molecule has 33 heavy (non-hydrogen) atoms. The molecule has 0 aliphatic rings. The van der Waals surface area contributed by atoms with Crippen molar-refractivity contribution < 1.29 is 22.8 Å². The molecule has 11 nitrogen and oxygen atoms in total. The van der Waals surface area contributed by atoms with Crippen LogP contribution in [0.4, 0.5) is 0 Å². The Balaban J connectivity index is 2.92. The van der Waals surface area contributed by atoms with Crippen LogP contribution < -0.4 is 26.8 Å². The smallest absolute Gasteiger partial charge is 0.242 e. The van der Waals surface area contributed by atoms with Crippen molar-refractivity contribution in [2.24, 2.45) is 17.4 Å². The summed E-state index contributed by atoms with van der Waals surface area (Å²) in [6.07, 6.45) is 0.0596. The summed E-state index contributed by atoms with van der Waals surface area (Å²) in [5.41, 5.74) is 11.9. The lowest BCUT2D eigenvalue weighted by Gasteiger charge is -2.24. The molecule has 0 spiro atoms. The summed E-state index contributed by atoms with van der Waals surface area (Å²) in [5.74, 6) is -2.08. The molecule has 3 amide bonds. The number of nitrogens with one attached hydrogen (secondary N) is 4. The van der Waals surface area contributed by atoms with Gasteiger partial charge >= 0.3 is 0 Å². The average Bonchev–Trinajstić information content (AvgIpc) is 2.73. The van der Waals surface area contributed by atoms with E-state index in [1.54, 1.807) is 24.3 Å². The van der Waals surface area contributed by atoms with Gasteiger partial charge in [-0.15, -0.1) is 0 Å². The highest BCUT2D eigenvalue weighted by molar-refractivity contribution is 7.89. The first-order chi connectivity index (χ1) is 15.3. The van der Waals surface area contributed by atoms with E-state index < -0.39 is 39.8 Å². The zero-order valence-corrected chi connectivity index (χ0v) is 20.0. The van der Waals surface area contributed by atoms with E-state index in [9.17, 15) is 22.8 Å². The van der Waals surface area contributed by atoms with Gasteiger partial charge in [0.1, 0.15) is 17.9 Å². The molecule has 1 aromatic rings. The molecule has 0 saturated carbocycles. The molecule has 0 aliphatic carbocycles. The van der Waals surface area contributed by atoms with Crippen LogP contribution in [0.3, 0.4) is 0 Å². The van der Waals surface area contributed by atoms with Crippen LogP contribution in [0.5, 0.6) is 0 Å². The Kier molecular flexibility index (Phi) is 11.0. The fourth-order valence-electron chi connectivity index (χ4n) is 2.92. The summed E-state index contributed by atoms with van der Waals surface area (Å²) in [6.45, 7) is 5.28. The number of amides is 3. The minimum absolute atomic E-state index is 0.0103. The Morgan fingerprint density at radius 1 is 1.03 bits per heavy atom. The predicted molar refractivity (Wildman–Crippen MR) is 126 cm³/mol. The third kappa shape index (κ3) is 10.4. The Bertz CT molecular complexity index is 946. The van der Waals surface area contributed by atoms with E-state index in [0.717, 1.165) is 5.56 Å². The van der Waals surface area contributed by atoms with Crippen LogP contribution in [-0.4, -0.2) is 49.8 Å². The maximum atomic E-state index is 12.8. The molecule has 0 aromatic heterocycles. The van der Waals surface area contributed by atoms with Gasteiger partial charge in [0.2, 0.25) is 27.7 Å². The number of amidine groups is 1. The summed E-state index contributed by atoms with van der Waals surface area (Å²) in [7, 11) is -3.66. The molecule has 1 rings (SSSR count). The fraction of sp³-hybridized carbons (Fsp3) is 0.524. The molecule has 2 atom stereocenters. The Labute approximate surface area is 194 Å². The van der Waals surface area contributed by atoms with E-state index >= 15 is 0 Å². The third-order valence-corrected chi connectivity index (χ3v) is 6.17. The molecule has 0 fully saturated rings. The van der Waals surface area contributed by atoms with Gasteiger partial charge in [-0.05, 0) is 31.2 Å². The second-order valence-electron chi connectivity index (χ2n) is 8.10. The lowest BCUT2D eigenvalue weighted by molar-refractivity contribution is -0.130. The molecule has 0 saturated heterocycles. The monoisotopic (exact) mass is 482 g/mol. The molecule has 0 aliphatic heterocycles. The van der Waals surface area contributed by atoms with Gasteiger partial charge in [-0.25, -0.2) is 13.1 Å². The number of nitrogens with two attached hydrogens (primary N) is 2. The van der Waals surface area contributed by atoms with Gasteiger partial charge in [0, 0.05) is 18.5 Å². The summed E-state index contributed by atoms with van der Waals surface area (Å²) in [4.78, 5) is 36.8. The van der Waals surface area contributed by atoms with Gasteiger partial charge in [0.25, 0.3) is 0 Å². The van der Waals surface area contributed by atoms with Crippen molar-refractivity contribution in [3.8, 4) is 0 Å². The Morgan fingerprint density at radius 2 is 1.64 bits per heavy atom. The maximum absolute atomic E-state index is 12.8. The van der Waals surface area contributed by atoms with E-state index in [1.807, 2.05) is 13.8 Å². The van der Waals surface area contributed by atoms with Crippen LogP contribution in [0.15, 0.2) is 24.3 Å². The first-order valence-electron chi connectivity index (χ1n) is 10.6. The molecule has 8 N–H and O–H groups in total. The topological polar surface area (TPSA) is 197 Å². The van der Waals surface area contributed by atoms with Crippen LogP contribution in [0.1, 0.15) is 51.2 Å². The third-order valence-electron chi connectivity index (χ3n) is 4.77. The first-order valence-corrected chi connectivity index (χ1v) is 12.3. The van der Waals surface area contributed by atoms with E-state index in [0.29, 0.717) is 5.56 Å². The fourth-order valence-corrected chi connectivity index (χ4v) is 3.73. The summed E-state index contributed by atoms with van der Waals surface area (Å²) in [6, 6.07) is 4.55. The van der Waals surface area contributed by atoms with Crippen LogP contribution in [0.25, 0.3) is 0 Å². The van der Waals surface area contributed by atoms with Gasteiger partial charge in [-0.1, -0.05) is 38.1 Å². The SMILES string of the molecule is CCS(=O)(=O)N[C@H](CC(C)C)C(=O)N[C@@H](CCC(N)=O)C(=O)NCc1ccc(C(=N)N)cc1. The second kappa shape index (κ2) is 12.9. The summed E-state index contributed by atoms with van der Waals surface area (Å²) in [5, 5.41) is 12.7. The van der Waals surface area contributed by atoms with Crippen molar-refractivity contribution in [3.63, 3.8) is 0 Å². The molecular weight excluding hydrogens is 448 g/mol. The average molecular weight is 483 g/mol. The molecule has 0 bridgehead atoms. The standard InChI is InChI=1S/C21H34N6O5S/c1-4-33(31,32)27-17(11-13(2)3)21(30)26-16(9-10-18(22)28)20(29)25-12-14-5-7-15(8-6-14)19(23)24/h5-8,13,16-17,27H,4,9-12H2,1-3H3,(H2,22,28)(H3,23,24)(H,25,29)(H,26,30)/t16-,17+/m0/s1. The number of benzene rings is 1. The van der Waals surface area contributed by atoms with Gasteiger partial charge in [0.05, 0.1) is 5.75 Å². The first kappa shape index (κ1) is 28.0. The zero-order chi connectivity index (χ0) is 25.2. The van der Waals surface area contributed by atoms with Gasteiger partial charge < -0.3 is 22.1 Å². The van der Waals surface area contributed by atoms with Crippen LogP contribution in [0.2, 0.25) is 0 Å². The van der Waals surface area contributed by atoms with Crippen LogP contribution in [-0.2, 0) is 31.0 Å². The van der Waals surface area contributed by atoms with Crippen LogP contribution >= 0.6 is 0 Å². The quantitative estimate of drug-likeness (QED) is 0.155. The molecule has 0 unspecified atom stereocenters. The van der Waals surface area contributed by atoms with Gasteiger partial charge in [-0.3, -0.25) is 19.8 Å². The summed E-state index contributed by atoms with van der Waals surface area (Å²) < 4.78 is 26.4. The maximum Gasteiger partial charge on any atom is 0.242 e. The number of rotatable bonds is 14. The van der Waals surface area contributed by atoms with Crippen molar-refractivity contribution in [1.82, 2.24) is 15.4 Å². The Morgan fingerprint density at radius 3 is 2.12 bits per heavy atom. The molecule has 12 heteroatoms. The lowest BCUT2D eigenvalue weighted by atomic mass is 10.0. The predicted octanol–water partition coefficient (Wildman–Crippen LogP) is -0.309. The highest BCUT2D eigenvalue weighted by Gasteiger charge is 2.29. The van der Waals surface area contributed by atoms with Crippen molar-refractivity contribution in [2.45, 2.75) is 58.7 Å². The molecule has 0 radical (unpaired) electrons. The number of primary amides is 1. The minimum atomic E-state index is -3.66. The molecule has 184 valence electrons. The minimum Gasteiger partial charge on any atom is -0.384 e. The molecule has 0 heterocycles. The number of nitrogen functional groups attached to an aromatic ring is 1. The van der Waals surface area contributed by atoms with Crippen LogP contribution in [0, 0.1) is 11.3 Å². The zero-order valence-electron chi connectivity index (χ0n) is 19.2. The summed E-state index contributed by atoms with van der Waals surface area (Å²) >= 11 is 0. The van der Waals surface area contributed by atoms with Gasteiger partial charge in [0.15, 0.2) is 0 Å². The number of hydrogen-bond donors (Lipinski definition) is 6. The highest BCUT2D eigenvalue weighted by Crippen LogP contribution is 2.09. The van der Waals surface area contributed by atoms with E-state index in [-0.39, 0.29) is 43.3 Å². The largest absolute Gasteiger partial charge is 0.384 e. The van der Waals surface area contributed by atoms with Crippen molar-refractivity contribution >= 4 is 33.6 Å². The molecular formula is C21H34N6O5S. The van der Waals surface area contributed by atoms with E-state index in [4.69, 9.17) is 16.9 Å². The number of carbonyl (C=O) groups is 3. The van der Waals surface area contributed by atoms with Crippen molar-refractivity contribution in [3.05, 3.63) is 35.4 Å². The lowest BCUT2D eigenvalue weighted by Crippen LogP contribution is -2.54. The van der Waals surface area contributed by atoms with E-state index in [1.165, 1.54) is 6.92 Å². The number of sulfonamides is 1. The number of hydrogen-bond acceptors (Lipinski definition) is 6. The van der Waals surface area contributed by atoms with Gasteiger partial charge in [-0.2, -0.15) is 0 Å². The highest BCUT2D eigenvalue weighted by atomic mass is 32.2. The Hall–Kier alpha value is -2.99. The normalized spacial score (nSPS) is 13.2. The van der Waals surface area contributed by atoms with Crippen molar-refractivity contribution in [2.75, 3.05) is 5.75 Å².